The Kier molecular flexibility index (Phi) is 7.88. The Labute approximate surface area is 222 Å². The number of ether oxygens (including phenoxy) is 1. The molecule has 3 heterocycles. The second-order valence-corrected chi connectivity index (χ2v) is 11.2. The Morgan fingerprint density at radius 3 is 2.68 bits per heavy atom. The van der Waals surface area contributed by atoms with Crippen molar-refractivity contribution in [3.05, 3.63) is 42.5 Å². The maximum Gasteiger partial charge on any atom is 0.319 e. The number of nitrogens with one attached hydrogen (secondary N) is 2. The van der Waals surface area contributed by atoms with Gasteiger partial charge in [0, 0.05) is 25.3 Å². The van der Waals surface area contributed by atoms with Crippen LogP contribution in [0.4, 0.5) is 16.3 Å². The number of nitrogens with two attached hydrogens (primary N) is 1. The van der Waals surface area contributed by atoms with Crippen LogP contribution in [0, 0.1) is 5.92 Å². The zero-order valence-electron chi connectivity index (χ0n) is 22.5. The molecule has 0 spiro atoms. The van der Waals surface area contributed by atoms with Gasteiger partial charge in [0.05, 0.1) is 12.9 Å². The van der Waals surface area contributed by atoms with Crippen LogP contribution < -0.4 is 16.4 Å². The highest BCUT2D eigenvalue weighted by atomic mass is 16.5. The number of aromatic nitrogens is 4. The predicted molar refractivity (Wildman–Crippen MR) is 144 cm³/mol. The third-order valence-corrected chi connectivity index (χ3v) is 6.85. The summed E-state index contributed by atoms with van der Waals surface area (Å²) in [5.74, 6) is 0.320. The van der Waals surface area contributed by atoms with E-state index in [2.05, 4.69) is 46.4 Å². The van der Waals surface area contributed by atoms with Gasteiger partial charge in [-0.3, -0.25) is 4.57 Å². The van der Waals surface area contributed by atoms with Crippen molar-refractivity contribution in [3.63, 3.8) is 0 Å². The highest BCUT2D eigenvalue weighted by Gasteiger charge is 2.50. The number of carbonyl (C=O) groups excluding carboxylic acids is 1. The van der Waals surface area contributed by atoms with Crippen LogP contribution in [0.5, 0.6) is 0 Å². The van der Waals surface area contributed by atoms with Crippen LogP contribution >= 0.6 is 0 Å². The Morgan fingerprint density at radius 1 is 1.29 bits per heavy atom. The molecule has 4 atom stereocenters. The third-order valence-electron chi connectivity index (χ3n) is 6.85. The van der Waals surface area contributed by atoms with Crippen LogP contribution in [0.1, 0.15) is 33.3 Å². The Hall–Kier alpha value is -3.32. The number of nitrogen functional groups attached to an aromatic ring is 1. The highest BCUT2D eigenvalue weighted by molar-refractivity contribution is 5.89. The standard InChI is InChI=1S/C26H38N8O4/c1-16(10-28-24(36)32-18-8-6-17(7-9-18)25(2,3)4)11-33(5)12-19-21(35)26(37,13-38-19)34-15-31-20-22(27)29-14-30-23(20)34/h6-9,14-16,19,21,35,37H,10-13H2,1-5H3,(H2,27,29,30)(H2,28,32,36). The van der Waals surface area contributed by atoms with Crippen LogP contribution in [-0.2, 0) is 15.9 Å². The molecule has 206 valence electrons. The molecule has 4 unspecified atom stereocenters. The molecule has 6 N–H and O–H groups in total. The fraction of sp³-hybridized carbons (Fsp3) is 0.538. The van der Waals surface area contributed by atoms with Gasteiger partial charge >= 0.3 is 6.03 Å². The number of nitrogens with zero attached hydrogens (tertiary/aromatic N) is 5. The maximum absolute atomic E-state index is 12.4. The molecule has 1 aliphatic rings. The summed E-state index contributed by atoms with van der Waals surface area (Å²) in [5, 5.41) is 28.0. The lowest BCUT2D eigenvalue weighted by atomic mass is 9.87. The number of rotatable bonds is 8. The normalized spacial score (nSPS) is 22.6. The molecule has 2 aromatic heterocycles. The number of fused-ring (bicyclic) bond motifs is 1. The molecule has 3 aromatic rings. The molecule has 1 aromatic carbocycles. The molecule has 0 saturated carbocycles. The smallest absolute Gasteiger partial charge is 0.319 e. The number of urea groups is 1. The Morgan fingerprint density at radius 2 is 2.00 bits per heavy atom. The minimum atomic E-state index is -1.74. The lowest BCUT2D eigenvalue weighted by Gasteiger charge is -2.29. The number of amides is 2. The van der Waals surface area contributed by atoms with Crippen molar-refractivity contribution in [2.24, 2.45) is 5.92 Å². The van der Waals surface area contributed by atoms with E-state index in [1.165, 1.54) is 22.8 Å². The first-order valence-corrected chi connectivity index (χ1v) is 12.7. The molecule has 0 bridgehead atoms. The SMILES string of the molecule is CC(CNC(=O)Nc1ccc(C(C)(C)C)cc1)CN(C)CC1OCC(O)(n2cnc3c(N)ncnc32)C1O. The first kappa shape index (κ1) is 27.7. The number of carbonyl (C=O) groups is 1. The molecule has 38 heavy (non-hydrogen) atoms. The molecular weight excluding hydrogens is 488 g/mol. The van der Waals surface area contributed by atoms with Crippen LogP contribution in [-0.4, -0.2) is 86.2 Å². The fourth-order valence-corrected chi connectivity index (χ4v) is 4.68. The lowest BCUT2D eigenvalue weighted by molar-refractivity contribution is -0.109. The molecule has 1 aliphatic heterocycles. The molecule has 1 fully saturated rings. The number of imidazole rings is 1. The summed E-state index contributed by atoms with van der Waals surface area (Å²) in [6.45, 7) is 9.83. The number of aliphatic hydroxyl groups excluding tert-OH is 1. The second kappa shape index (κ2) is 10.8. The van der Waals surface area contributed by atoms with Crippen molar-refractivity contribution in [2.45, 2.75) is 51.0 Å². The van der Waals surface area contributed by atoms with Crippen molar-refractivity contribution in [1.29, 1.82) is 0 Å². The van der Waals surface area contributed by atoms with E-state index in [0.717, 1.165) is 5.69 Å². The third kappa shape index (κ3) is 5.88. The van der Waals surface area contributed by atoms with Gasteiger partial charge in [-0.25, -0.2) is 19.7 Å². The minimum absolute atomic E-state index is 0.0534. The zero-order chi connectivity index (χ0) is 27.7. The lowest BCUT2D eigenvalue weighted by Crippen LogP contribution is -2.48. The molecule has 12 heteroatoms. The number of hydrogen-bond donors (Lipinski definition) is 5. The summed E-state index contributed by atoms with van der Waals surface area (Å²) in [6, 6.07) is 7.58. The molecule has 0 aliphatic carbocycles. The van der Waals surface area contributed by atoms with Gasteiger partial charge in [0.15, 0.2) is 17.2 Å². The van der Waals surface area contributed by atoms with Crippen LogP contribution in [0.3, 0.4) is 0 Å². The van der Waals surface area contributed by atoms with Crippen molar-refractivity contribution < 1.29 is 19.7 Å². The average molecular weight is 527 g/mol. The summed E-state index contributed by atoms with van der Waals surface area (Å²) in [6.07, 6.45) is 0.806. The van der Waals surface area contributed by atoms with E-state index < -0.39 is 17.9 Å². The van der Waals surface area contributed by atoms with Gasteiger partial charge in [-0.1, -0.05) is 39.8 Å². The first-order valence-electron chi connectivity index (χ1n) is 12.7. The van der Waals surface area contributed by atoms with E-state index in [1.54, 1.807) is 0 Å². The maximum atomic E-state index is 12.4. The van der Waals surface area contributed by atoms with Gasteiger partial charge < -0.3 is 36.2 Å². The topological polar surface area (TPSA) is 164 Å². The van der Waals surface area contributed by atoms with Crippen molar-refractivity contribution in [2.75, 3.05) is 44.3 Å². The summed E-state index contributed by atoms with van der Waals surface area (Å²) in [4.78, 5) is 26.6. The van der Waals surface area contributed by atoms with Gasteiger partial charge in [-0.15, -0.1) is 0 Å². The Bertz CT molecular complexity index is 1260. The van der Waals surface area contributed by atoms with E-state index in [1.807, 2.05) is 43.1 Å². The van der Waals surface area contributed by atoms with Crippen molar-refractivity contribution in [3.8, 4) is 0 Å². The van der Waals surface area contributed by atoms with Gasteiger partial charge in [-0.05, 0) is 36.1 Å². The zero-order valence-corrected chi connectivity index (χ0v) is 22.5. The number of likely N-dealkylation sites (N-methyl/N-ethyl adjacent to an activating group) is 1. The van der Waals surface area contributed by atoms with E-state index >= 15 is 0 Å². The summed E-state index contributed by atoms with van der Waals surface area (Å²) >= 11 is 0. The molecule has 0 radical (unpaired) electrons. The van der Waals surface area contributed by atoms with Gasteiger partial charge in [0.25, 0.3) is 0 Å². The van der Waals surface area contributed by atoms with E-state index in [-0.39, 0.29) is 29.8 Å². The molecule has 4 rings (SSSR count). The minimum Gasteiger partial charge on any atom is -0.385 e. The summed E-state index contributed by atoms with van der Waals surface area (Å²) < 4.78 is 7.17. The van der Waals surface area contributed by atoms with Crippen LogP contribution in [0.15, 0.2) is 36.9 Å². The van der Waals surface area contributed by atoms with Crippen LogP contribution in [0.25, 0.3) is 11.2 Å². The van der Waals surface area contributed by atoms with Crippen molar-refractivity contribution in [1.82, 2.24) is 29.7 Å². The van der Waals surface area contributed by atoms with Gasteiger partial charge in [0.2, 0.25) is 0 Å². The summed E-state index contributed by atoms with van der Waals surface area (Å²) in [7, 11) is 1.90. The number of hydrogen-bond acceptors (Lipinski definition) is 9. The molecule has 12 nitrogen and oxygen atoms in total. The predicted octanol–water partition coefficient (Wildman–Crippen LogP) is 1.50. The number of anilines is 2. The fourth-order valence-electron chi connectivity index (χ4n) is 4.68. The second-order valence-electron chi connectivity index (χ2n) is 11.2. The highest BCUT2D eigenvalue weighted by Crippen LogP contribution is 2.33. The Balaban J connectivity index is 1.25. The quantitative estimate of drug-likeness (QED) is 0.293. The van der Waals surface area contributed by atoms with E-state index in [0.29, 0.717) is 30.8 Å². The molecular formula is C26H38N8O4. The monoisotopic (exact) mass is 526 g/mol. The average Bonchev–Trinajstić information content (AvgIpc) is 3.41. The number of aliphatic hydroxyl groups is 2. The molecule has 1 saturated heterocycles. The summed E-state index contributed by atoms with van der Waals surface area (Å²) in [5.41, 5.74) is 6.77. The van der Waals surface area contributed by atoms with E-state index in [4.69, 9.17) is 10.5 Å². The number of benzene rings is 1. The van der Waals surface area contributed by atoms with Crippen LogP contribution in [0.2, 0.25) is 0 Å². The largest absolute Gasteiger partial charge is 0.385 e. The molecule has 2 amide bonds. The van der Waals surface area contributed by atoms with Crippen molar-refractivity contribution >= 4 is 28.7 Å². The first-order chi connectivity index (χ1) is 17.9. The van der Waals surface area contributed by atoms with Gasteiger partial charge in [-0.2, -0.15) is 0 Å². The van der Waals surface area contributed by atoms with Gasteiger partial charge in [0.1, 0.15) is 24.1 Å². The van der Waals surface area contributed by atoms with E-state index in [9.17, 15) is 15.0 Å².